The highest BCUT2D eigenvalue weighted by Gasteiger charge is 2.14. The first kappa shape index (κ1) is 12.2. The van der Waals surface area contributed by atoms with Crippen molar-refractivity contribution in [2.24, 2.45) is 0 Å². The minimum Gasteiger partial charge on any atom is -0.454 e. The van der Waals surface area contributed by atoms with Crippen LogP contribution in [0.1, 0.15) is 12.5 Å². The fraction of sp³-hybridized carbons (Fsp3) is 0.538. The van der Waals surface area contributed by atoms with Gasteiger partial charge in [0.05, 0.1) is 6.61 Å². The summed E-state index contributed by atoms with van der Waals surface area (Å²) in [6, 6.07) is 6.11. The molecule has 1 heterocycles. The van der Waals surface area contributed by atoms with E-state index in [0.717, 1.165) is 37.7 Å². The Balaban J connectivity index is 1.97. The first-order valence-corrected chi connectivity index (χ1v) is 5.93. The van der Waals surface area contributed by atoms with Crippen LogP contribution in [0.15, 0.2) is 18.2 Å². The molecule has 2 rings (SSSR count). The van der Waals surface area contributed by atoms with E-state index >= 15 is 0 Å². The predicted octanol–water partition coefficient (Wildman–Crippen LogP) is 1.88. The number of ether oxygens (including phenoxy) is 3. The topological polar surface area (TPSA) is 30.9 Å². The maximum absolute atomic E-state index is 5.37. The second kappa shape index (κ2) is 5.89. The van der Waals surface area contributed by atoms with E-state index in [2.05, 4.69) is 24.0 Å². The van der Waals surface area contributed by atoms with Gasteiger partial charge in [-0.15, -0.1) is 0 Å². The molecule has 0 bridgehead atoms. The first-order chi connectivity index (χ1) is 8.33. The fourth-order valence-electron chi connectivity index (χ4n) is 1.87. The monoisotopic (exact) mass is 237 g/mol. The van der Waals surface area contributed by atoms with Crippen LogP contribution in [0.2, 0.25) is 0 Å². The summed E-state index contributed by atoms with van der Waals surface area (Å²) >= 11 is 0. The van der Waals surface area contributed by atoms with Crippen molar-refractivity contribution >= 4 is 0 Å². The van der Waals surface area contributed by atoms with Crippen LogP contribution in [0.25, 0.3) is 0 Å². The zero-order valence-corrected chi connectivity index (χ0v) is 10.4. The molecule has 1 aliphatic heterocycles. The molecular formula is C13H19NO3. The molecule has 0 aliphatic carbocycles. The number of nitrogens with zero attached hydrogens (tertiary/aromatic N) is 1. The predicted molar refractivity (Wildman–Crippen MR) is 65.4 cm³/mol. The fourth-order valence-corrected chi connectivity index (χ4v) is 1.87. The van der Waals surface area contributed by atoms with Crippen molar-refractivity contribution in [2.75, 3.05) is 33.6 Å². The molecule has 4 heteroatoms. The van der Waals surface area contributed by atoms with Gasteiger partial charge in [-0.05, 0) is 24.2 Å². The Morgan fingerprint density at radius 1 is 1.29 bits per heavy atom. The average molecular weight is 237 g/mol. The molecule has 17 heavy (non-hydrogen) atoms. The minimum atomic E-state index is 0.333. The van der Waals surface area contributed by atoms with E-state index in [-0.39, 0.29) is 0 Å². The molecular weight excluding hydrogens is 218 g/mol. The SMILES string of the molecule is CCN(CCOC)Cc1ccc2c(c1)OCO2. The molecule has 94 valence electrons. The van der Waals surface area contributed by atoms with E-state index in [1.165, 1.54) is 5.56 Å². The largest absolute Gasteiger partial charge is 0.454 e. The third-order valence-electron chi connectivity index (χ3n) is 2.90. The zero-order chi connectivity index (χ0) is 12.1. The highest BCUT2D eigenvalue weighted by atomic mass is 16.7. The second-order valence-corrected chi connectivity index (χ2v) is 4.05. The molecule has 0 saturated heterocycles. The number of methoxy groups -OCH3 is 1. The normalized spacial score (nSPS) is 13.4. The first-order valence-electron chi connectivity index (χ1n) is 5.93. The molecule has 1 aromatic rings. The van der Waals surface area contributed by atoms with Crippen molar-refractivity contribution in [3.05, 3.63) is 23.8 Å². The summed E-state index contributed by atoms with van der Waals surface area (Å²) in [6.07, 6.45) is 0. The van der Waals surface area contributed by atoms with Gasteiger partial charge in [-0.25, -0.2) is 0 Å². The Hall–Kier alpha value is -1.26. The molecule has 0 saturated carbocycles. The Labute approximate surface area is 102 Å². The lowest BCUT2D eigenvalue weighted by Gasteiger charge is -2.19. The zero-order valence-electron chi connectivity index (χ0n) is 10.4. The van der Waals surface area contributed by atoms with E-state index in [9.17, 15) is 0 Å². The summed E-state index contributed by atoms with van der Waals surface area (Å²) < 4.78 is 15.8. The Morgan fingerprint density at radius 2 is 2.12 bits per heavy atom. The van der Waals surface area contributed by atoms with Gasteiger partial charge in [0.15, 0.2) is 11.5 Å². The lowest BCUT2D eigenvalue weighted by molar-refractivity contribution is 0.147. The maximum atomic E-state index is 5.37. The van der Waals surface area contributed by atoms with Crippen molar-refractivity contribution in [3.8, 4) is 11.5 Å². The van der Waals surface area contributed by atoms with Crippen LogP contribution in [0.4, 0.5) is 0 Å². The van der Waals surface area contributed by atoms with E-state index in [1.807, 2.05) is 6.07 Å². The van der Waals surface area contributed by atoms with Crippen LogP contribution < -0.4 is 9.47 Å². The number of hydrogen-bond donors (Lipinski definition) is 0. The third-order valence-corrected chi connectivity index (χ3v) is 2.90. The summed E-state index contributed by atoms with van der Waals surface area (Å²) in [6.45, 7) is 6.12. The Morgan fingerprint density at radius 3 is 2.88 bits per heavy atom. The van der Waals surface area contributed by atoms with Gasteiger partial charge < -0.3 is 14.2 Å². The summed E-state index contributed by atoms with van der Waals surface area (Å²) in [5.41, 5.74) is 1.24. The van der Waals surface area contributed by atoms with Crippen LogP contribution in [0, 0.1) is 0 Å². The van der Waals surface area contributed by atoms with Gasteiger partial charge in [0, 0.05) is 20.2 Å². The molecule has 0 aromatic heterocycles. The van der Waals surface area contributed by atoms with Crippen molar-refractivity contribution in [1.82, 2.24) is 4.90 Å². The standard InChI is InChI=1S/C13H19NO3/c1-3-14(6-7-15-2)9-11-4-5-12-13(8-11)17-10-16-12/h4-5,8H,3,6-7,9-10H2,1-2H3. The van der Waals surface area contributed by atoms with E-state index in [0.29, 0.717) is 6.79 Å². The van der Waals surface area contributed by atoms with E-state index < -0.39 is 0 Å². The highest BCUT2D eigenvalue weighted by molar-refractivity contribution is 5.44. The van der Waals surface area contributed by atoms with Gasteiger partial charge >= 0.3 is 0 Å². The Bertz CT molecular complexity index is 368. The van der Waals surface area contributed by atoms with Crippen LogP contribution in [0.3, 0.4) is 0 Å². The van der Waals surface area contributed by atoms with Gasteiger partial charge in [0.2, 0.25) is 6.79 Å². The molecule has 1 aliphatic rings. The molecule has 0 fully saturated rings. The van der Waals surface area contributed by atoms with Crippen LogP contribution in [0.5, 0.6) is 11.5 Å². The number of likely N-dealkylation sites (N-methyl/N-ethyl adjacent to an activating group) is 1. The molecule has 0 N–H and O–H groups in total. The molecule has 0 amide bonds. The second-order valence-electron chi connectivity index (χ2n) is 4.05. The lowest BCUT2D eigenvalue weighted by Crippen LogP contribution is -2.26. The molecule has 0 atom stereocenters. The van der Waals surface area contributed by atoms with Gasteiger partial charge in [-0.3, -0.25) is 4.90 Å². The van der Waals surface area contributed by atoms with Crippen LogP contribution in [-0.4, -0.2) is 38.5 Å². The van der Waals surface area contributed by atoms with Crippen molar-refractivity contribution in [3.63, 3.8) is 0 Å². The molecule has 1 aromatic carbocycles. The molecule has 0 radical (unpaired) electrons. The van der Waals surface area contributed by atoms with Crippen molar-refractivity contribution in [2.45, 2.75) is 13.5 Å². The van der Waals surface area contributed by atoms with Gasteiger partial charge in [-0.1, -0.05) is 13.0 Å². The summed E-state index contributed by atoms with van der Waals surface area (Å²) in [5, 5.41) is 0. The Kier molecular flexibility index (Phi) is 4.23. The summed E-state index contributed by atoms with van der Waals surface area (Å²) in [5.74, 6) is 1.69. The number of rotatable bonds is 6. The average Bonchev–Trinajstić information content (AvgIpc) is 2.81. The van der Waals surface area contributed by atoms with Gasteiger partial charge in [0.25, 0.3) is 0 Å². The van der Waals surface area contributed by atoms with Crippen LogP contribution in [-0.2, 0) is 11.3 Å². The molecule has 0 spiro atoms. The van der Waals surface area contributed by atoms with Gasteiger partial charge in [-0.2, -0.15) is 0 Å². The highest BCUT2D eigenvalue weighted by Crippen LogP contribution is 2.32. The van der Waals surface area contributed by atoms with E-state index in [1.54, 1.807) is 7.11 Å². The molecule has 4 nitrogen and oxygen atoms in total. The smallest absolute Gasteiger partial charge is 0.231 e. The molecule has 0 unspecified atom stereocenters. The van der Waals surface area contributed by atoms with Gasteiger partial charge in [0.1, 0.15) is 0 Å². The van der Waals surface area contributed by atoms with Crippen molar-refractivity contribution < 1.29 is 14.2 Å². The number of benzene rings is 1. The minimum absolute atomic E-state index is 0.333. The summed E-state index contributed by atoms with van der Waals surface area (Å²) in [7, 11) is 1.73. The number of fused-ring (bicyclic) bond motifs is 1. The lowest BCUT2D eigenvalue weighted by atomic mass is 10.2. The van der Waals surface area contributed by atoms with Crippen molar-refractivity contribution in [1.29, 1.82) is 0 Å². The van der Waals surface area contributed by atoms with Crippen LogP contribution >= 0.6 is 0 Å². The third kappa shape index (κ3) is 3.11. The summed E-state index contributed by atoms with van der Waals surface area (Å²) in [4.78, 5) is 2.33. The number of hydrogen-bond acceptors (Lipinski definition) is 4. The maximum Gasteiger partial charge on any atom is 0.231 e. The van der Waals surface area contributed by atoms with E-state index in [4.69, 9.17) is 14.2 Å². The quantitative estimate of drug-likeness (QED) is 0.756.